The monoisotopic (exact) mass is 172 g/mol. The van der Waals surface area contributed by atoms with E-state index in [0.717, 1.165) is 13.1 Å². The molecular weight excluding hydrogens is 148 g/mol. The van der Waals surface area contributed by atoms with Crippen LogP contribution in [0.3, 0.4) is 0 Å². The zero-order valence-electron chi connectivity index (χ0n) is 9.44. The highest BCUT2D eigenvalue weighted by atomic mass is 15.1. The largest absolute Gasteiger partial charge is 0.317 e. The first-order valence-corrected chi connectivity index (χ1v) is 4.80. The van der Waals surface area contributed by atoms with Crippen molar-refractivity contribution in [1.82, 2.24) is 10.2 Å². The molecule has 0 aliphatic carbocycles. The number of hydrogen-bond donors (Lipinski definition) is 1. The second-order valence-corrected chi connectivity index (χ2v) is 4.33. The molecule has 1 N–H and O–H groups in total. The number of nitrogens with zero attached hydrogens (tertiary/aromatic N) is 1. The predicted octanol–water partition coefficient (Wildman–Crippen LogP) is 1.57. The zero-order chi connectivity index (χ0) is 9.78. The summed E-state index contributed by atoms with van der Waals surface area (Å²) in [4.78, 5) is 2.36. The van der Waals surface area contributed by atoms with E-state index >= 15 is 0 Å². The Kier molecular flexibility index (Phi) is 4.80. The fourth-order valence-corrected chi connectivity index (χ4v) is 1.34. The van der Waals surface area contributed by atoms with Gasteiger partial charge < -0.3 is 10.2 Å². The fraction of sp³-hybridized carbons (Fsp3) is 1.00. The first-order chi connectivity index (χ1) is 5.44. The van der Waals surface area contributed by atoms with Crippen molar-refractivity contribution in [1.29, 1.82) is 0 Å². The molecule has 1 atom stereocenters. The smallest absolute Gasteiger partial charge is 0.00991 e. The van der Waals surface area contributed by atoms with Crippen molar-refractivity contribution in [3.63, 3.8) is 0 Å². The zero-order valence-corrected chi connectivity index (χ0v) is 9.44. The third-order valence-electron chi connectivity index (χ3n) is 2.82. The molecule has 0 fully saturated rings. The maximum Gasteiger partial charge on any atom is 0.00991 e. The first-order valence-electron chi connectivity index (χ1n) is 4.80. The molecule has 0 saturated carbocycles. The van der Waals surface area contributed by atoms with Crippen molar-refractivity contribution in [2.24, 2.45) is 5.41 Å². The third kappa shape index (κ3) is 3.55. The highest BCUT2D eigenvalue weighted by Gasteiger charge is 2.25. The van der Waals surface area contributed by atoms with Crippen LogP contribution in [0.25, 0.3) is 0 Å². The van der Waals surface area contributed by atoms with E-state index in [4.69, 9.17) is 0 Å². The molecule has 0 aromatic heterocycles. The molecule has 0 heterocycles. The van der Waals surface area contributed by atoms with Crippen LogP contribution in [0.5, 0.6) is 0 Å². The van der Waals surface area contributed by atoms with Gasteiger partial charge >= 0.3 is 0 Å². The van der Waals surface area contributed by atoms with Gasteiger partial charge in [-0.05, 0) is 33.0 Å². The minimum Gasteiger partial charge on any atom is -0.317 e. The molecule has 12 heavy (non-hydrogen) atoms. The average molecular weight is 172 g/mol. The van der Waals surface area contributed by atoms with Crippen LogP contribution >= 0.6 is 0 Å². The number of rotatable bonds is 5. The Morgan fingerprint density at radius 3 is 2.25 bits per heavy atom. The summed E-state index contributed by atoms with van der Waals surface area (Å²) in [7, 11) is 4.20. The fourth-order valence-electron chi connectivity index (χ4n) is 1.34. The van der Waals surface area contributed by atoms with Gasteiger partial charge in [0.2, 0.25) is 0 Å². The highest BCUT2D eigenvalue weighted by molar-refractivity contribution is 4.81. The molecule has 2 nitrogen and oxygen atoms in total. The molecule has 0 aliphatic heterocycles. The van der Waals surface area contributed by atoms with Crippen molar-refractivity contribution in [3.05, 3.63) is 0 Å². The first kappa shape index (κ1) is 11.9. The Morgan fingerprint density at radius 2 is 1.92 bits per heavy atom. The van der Waals surface area contributed by atoms with Crippen molar-refractivity contribution in [3.8, 4) is 0 Å². The normalized spacial score (nSPS) is 15.2. The van der Waals surface area contributed by atoms with Crippen molar-refractivity contribution in [2.75, 3.05) is 27.2 Å². The second-order valence-electron chi connectivity index (χ2n) is 4.33. The van der Waals surface area contributed by atoms with E-state index in [-0.39, 0.29) is 0 Å². The molecule has 74 valence electrons. The minimum absolute atomic E-state index is 0.347. The average Bonchev–Trinajstić information content (AvgIpc) is 2.02. The summed E-state index contributed by atoms with van der Waals surface area (Å²) in [6.45, 7) is 11.3. The van der Waals surface area contributed by atoms with E-state index in [1.54, 1.807) is 0 Å². The Morgan fingerprint density at radius 1 is 1.42 bits per heavy atom. The summed E-state index contributed by atoms with van der Waals surface area (Å²) in [6, 6.07) is 0.562. The maximum atomic E-state index is 3.31. The molecule has 2 heteroatoms. The molecule has 0 bridgehead atoms. The molecule has 0 spiro atoms. The van der Waals surface area contributed by atoms with Gasteiger partial charge in [0.05, 0.1) is 0 Å². The van der Waals surface area contributed by atoms with E-state index in [9.17, 15) is 0 Å². The van der Waals surface area contributed by atoms with E-state index in [0.29, 0.717) is 11.5 Å². The predicted molar refractivity (Wildman–Crippen MR) is 55.5 cm³/mol. The SMILES string of the molecule is CCN(C)CC(C)(C)C(C)NC. The summed E-state index contributed by atoms with van der Waals surface area (Å²) in [5.41, 5.74) is 0.347. The molecule has 0 aromatic carbocycles. The lowest BCUT2D eigenvalue weighted by molar-refractivity contribution is 0.174. The van der Waals surface area contributed by atoms with Crippen molar-refractivity contribution >= 4 is 0 Å². The van der Waals surface area contributed by atoms with Gasteiger partial charge in [-0.25, -0.2) is 0 Å². The lowest BCUT2D eigenvalue weighted by Gasteiger charge is -2.35. The van der Waals surface area contributed by atoms with Gasteiger partial charge in [-0.2, -0.15) is 0 Å². The van der Waals surface area contributed by atoms with Crippen LogP contribution in [0.4, 0.5) is 0 Å². The van der Waals surface area contributed by atoms with Gasteiger partial charge in [-0.1, -0.05) is 20.8 Å². The van der Waals surface area contributed by atoms with Crippen molar-refractivity contribution < 1.29 is 0 Å². The van der Waals surface area contributed by atoms with E-state index < -0.39 is 0 Å². The number of nitrogens with one attached hydrogen (secondary N) is 1. The summed E-state index contributed by atoms with van der Waals surface area (Å²) >= 11 is 0. The third-order valence-corrected chi connectivity index (χ3v) is 2.82. The quantitative estimate of drug-likeness (QED) is 0.677. The minimum atomic E-state index is 0.347. The lowest BCUT2D eigenvalue weighted by Crippen LogP contribution is -2.44. The van der Waals surface area contributed by atoms with Crippen LogP contribution in [0, 0.1) is 5.41 Å². The van der Waals surface area contributed by atoms with Crippen molar-refractivity contribution in [2.45, 2.75) is 33.7 Å². The summed E-state index contributed by atoms with van der Waals surface area (Å²) in [5.74, 6) is 0. The van der Waals surface area contributed by atoms with Gasteiger partial charge in [0, 0.05) is 12.6 Å². The van der Waals surface area contributed by atoms with Gasteiger partial charge in [0.1, 0.15) is 0 Å². The summed E-state index contributed by atoms with van der Waals surface area (Å²) < 4.78 is 0. The molecule has 0 radical (unpaired) electrons. The lowest BCUT2D eigenvalue weighted by atomic mass is 9.85. The molecule has 1 unspecified atom stereocenters. The van der Waals surface area contributed by atoms with Crippen LogP contribution in [0.15, 0.2) is 0 Å². The van der Waals surface area contributed by atoms with E-state index in [2.05, 4.69) is 45.0 Å². The standard InChI is InChI=1S/C10H24N2/c1-7-12(6)8-10(3,4)9(2)11-5/h9,11H,7-8H2,1-6H3. The van der Waals surface area contributed by atoms with Crippen LogP contribution in [-0.2, 0) is 0 Å². The second kappa shape index (κ2) is 4.83. The molecule has 0 aliphatic rings. The van der Waals surface area contributed by atoms with Gasteiger partial charge in [-0.3, -0.25) is 0 Å². The summed E-state index contributed by atoms with van der Waals surface area (Å²) in [6.07, 6.45) is 0. The van der Waals surface area contributed by atoms with Crippen LogP contribution < -0.4 is 5.32 Å². The van der Waals surface area contributed by atoms with E-state index in [1.807, 2.05) is 7.05 Å². The molecule has 0 amide bonds. The van der Waals surface area contributed by atoms with E-state index in [1.165, 1.54) is 0 Å². The Labute approximate surface area is 77.3 Å². The topological polar surface area (TPSA) is 15.3 Å². The Hall–Kier alpha value is -0.0800. The molecule has 0 saturated heterocycles. The van der Waals surface area contributed by atoms with Gasteiger partial charge in [0.15, 0.2) is 0 Å². The van der Waals surface area contributed by atoms with Gasteiger partial charge in [-0.15, -0.1) is 0 Å². The van der Waals surface area contributed by atoms with Crippen LogP contribution in [0.1, 0.15) is 27.7 Å². The molecular formula is C10H24N2. The van der Waals surface area contributed by atoms with Gasteiger partial charge in [0.25, 0.3) is 0 Å². The number of hydrogen-bond acceptors (Lipinski definition) is 2. The van der Waals surface area contributed by atoms with Crippen LogP contribution in [-0.4, -0.2) is 38.1 Å². The Balaban J connectivity index is 4.02. The molecule has 0 rings (SSSR count). The molecule has 0 aromatic rings. The summed E-state index contributed by atoms with van der Waals surface area (Å²) in [5, 5.41) is 3.31. The van der Waals surface area contributed by atoms with Crippen LogP contribution in [0.2, 0.25) is 0 Å². The Bertz CT molecular complexity index is 121. The maximum absolute atomic E-state index is 3.31. The highest BCUT2D eigenvalue weighted by Crippen LogP contribution is 2.20.